The molecule has 0 heterocycles. The number of fused-ring (bicyclic) bond motifs is 4. The fourth-order valence-electron chi connectivity index (χ4n) is 13.2. The van der Waals surface area contributed by atoms with Gasteiger partial charge in [0, 0.05) is 0 Å². The predicted molar refractivity (Wildman–Crippen MR) is 340 cm³/mol. The summed E-state index contributed by atoms with van der Waals surface area (Å²) in [5, 5.41) is 21.0. The molecule has 0 aliphatic carbocycles. The van der Waals surface area contributed by atoms with Crippen molar-refractivity contribution in [1.82, 2.24) is 0 Å². The lowest BCUT2D eigenvalue weighted by atomic mass is 9.87. The average Bonchev–Trinajstić information content (AvgIpc) is 3.63. The molecule has 0 N–H and O–H groups in total. The highest BCUT2D eigenvalue weighted by Gasteiger charge is 2.43. The van der Waals surface area contributed by atoms with Crippen LogP contribution in [-0.4, -0.2) is 16.1 Å². The van der Waals surface area contributed by atoms with Crippen LogP contribution in [0.1, 0.15) is 0 Å². The lowest BCUT2D eigenvalue weighted by molar-refractivity contribution is 1.65. The third-order valence-corrected chi connectivity index (χ3v) is 26.2. The quantitative estimate of drug-likeness (QED) is 0.0895. The Bertz CT molecular complexity index is 4270. The van der Waals surface area contributed by atoms with Crippen LogP contribution in [0.2, 0.25) is 0 Å². The smallest absolute Gasteiger partial charge is 0.0623 e. The topological polar surface area (TPSA) is 0 Å². The lowest BCUT2D eigenvalue weighted by Gasteiger charge is -2.35. The Morgan fingerprint density at radius 2 is 0.474 bits per heavy atom. The summed E-state index contributed by atoms with van der Waals surface area (Å²) in [4.78, 5) is 0. The van der Waals surface area contributed by atoms with Crippen molar-refractivity contribution in [3.8, 4) is 33.4 Å². The van der Waals surface area contributed by atoms with E-state index in [-0.39, 0.29) is 0 Å². The van der Waals surface area contributed by atoms with Gasteiger partial charge in [-0.25, -0.2) is 0 Å². The van der Waals surface area contributed by atoms with Gasteiger partial charge in [0.15, 0.2) is 16.1 Å². The zero-order valence-electron chi connectivity index (χ0n) is 43.2. The molecule has 0 aliphatic heterocycles. The summed E-state index contributed by atoms with van der Waals surface area (Å²) >= 11 is 0. The van der Waals surface area contributed by atoms with E-state index < -0.39 is 16.1 Å². The normalized spacial score (nSPS) is 11.8. The first kappa shape index (κ1) is 47.0. The molecule has 0 bridgehead atoms. The van der Waals surface area contributed by atoms with E-state index in [1.54, 1.807) is 0 Å². The van der Waals surface area contributed by atoms with Gasteiger partial charge >= 0.3 is 0 Å². The highest BCUT2D eigenvalue weighted by molar-refractivity contribution is 7.21. The van der Waals surface area contributed by atoms with E-state index in [0.29, 0.717) is 0 Å². The minimum atomic E-state index is -2.81. The van der Waals surface area contributed by atoms with Crippen LogP contribution in [0, 0.1) is 0 Å². The molecule has 0 radical (unpaired) electrons. The minimum absolute atomic E-state index is 1.21. The van der Waals surface area contributed by atoms with Gasteiger partial charge in [-0.3, -0.25) is 0 Å². The molecule has 0 saturated heterocycles. The third kappa shape index (κ3) is 7.71. The van der Waals surface area contributed by atoms with Gasteiger partial charge in [-0.1, -0.05) is 322 Å². The van der Waals surface area contributed by atoms with Gasteiger partial charge in [0.2, 0.25) is 0 Å². The molecule has 0 fully saturated rings. The zero-order valence-corrected chi connectivity index (χ0v) is 45.2. The third-order valence-electron chi connectivity index (χ3n) is 16.6. The van der Waals surface area contributed by atoms with E-state index in [4.69, 9.17) is 0 Å². The summed E-state index contributed by atoms with van der Waals surface area (Å²) < 4.78 is 0. The maximum absolute atomic E-state index is 2.81. The Labute approximate surface area is 458 Å². The molecule has 14 aromatic carbocycles. The van der Waals surface area contributed by atoms with Crippen LogP contribution in [0.5, 0.6) is 0 Å². The molecule has 0 amide bonds. The van der Waals surface area contributed by atoms with Gasteiger partial charge < -0.3 is 0 Å². The lowest BCUT2D eigenvalue weighted by Crippen LogP contribution is -2.74. The monoisotopic (exact) mass is 1020 g/mol. The Kier molecular flexibility index (Phi) is 12.0. The van der Waals surface area contributed by atoms with Crippen molar-refractivity contribution in [2.45, 2.75) is 0 Å². The number of hydrogen-bond donors (Lipinski definition) is 0. The number of benzene rings is 14. The Morgan fingerprint density at radius 1 is 0.167 bits per heavy atom. The van der Waals surface area contributed by atoms with E-state index in [0.717, 1.165) is 0 Å². The summed E-state index contributed by atoms with van der Waals surface area (Å²) in [6.07, 6.45) is 0. The van der Waals surface area contributed by atoms with Crippen LogP contribution in [0.3, 0.4) is 0 Å². The highest BCUT2D eigenvalue weighted by atomic mass is 28.3. The van der Waals surface area contributed by atoms with Gasteiger partial charge in [0.05, 0.1) is 0 Å². The largest absolute Gasteiger partial charge is 0.180 e. The van der Waals surface area contributed by atoms with Crippen molar-refractivity contribution < 1.29 is 0 Å². The molecule has 14 rings (SSSR count). The first-order valence-corrected chi connectivity index (χ1v) is 31.2. The van der Waals surface area contributed by atoms with Crippen molar-refractivity contribution in [2.75, 3.05) is 0 Å². The van der Waals surface area contributed by atoms with Gasteiger partial charge in [-0.15, -0.1) is 0 Å². The SMILES string of the molecule is c1ccc([Si](c2ccccc2)(c2ccccc2)c2ccc3cc(-c4ccc(-c5cccc6c(-c7ccc([Si](c8ccccc8)(c8ccccc8)c8ccccc8)c8ccccc78)cccc56)c5ccccc45)ccc3c2)cc1. The second kappa shape index (κ2) is 19.9. The Hall–Kier alpha value is -9.45. The minimum Gasteiger partial charge on any atom is -0.0623 e. The predicted octanol–water partition coefficient (Wildman–Crippen LogP) is 14.1. The average molecular weight is 1020 g/mol. The van der Waals surface area contributed by atoms with E-state index in [9.17, 15) is 0 Å². The molecular formula is C76H54Si2. The fourth-order valence-corrected chi connectivity index (χ4v) is 22.9. The molecule has 2 heteroatoms. The Morgan fingerprint density at radius 3 is 0.923 bits per heavy atom. The molecule has 0 atom stereocenters. The molecule has 78 heavy (non-hydrogen) atoms. The van der Waals surface area contributed by atoms with Gasteiger partial charge in [-0.2, -0.15) is 0 Å². The van der Waals surface area contributed by atoms with E-state index >= 15 is 0 Å². The van der Waals surface area contributed by atoms with Crippen LogP contribution in [0.25, 0.3) is 76.5 Å². The van der Waals surface area contributed by atoms with Crippen molar-refractivity contribution >= 4 is 101 Å². The number of hydrogen-bond acceptors (Lipinski definition) is 0. The fraction of sp³-hybridized carbons (Fsp3) is 0. The summed E-state index contributed by atoms with van der Waals surface area (Å²) in [6, 6.07) is 123. The zero-order chi connectivity index (χ0) is 51.9. The molecule has 0 spiro atoms. The standard InChI is InChI=1S/C76H54Si2/c1-7-25-58(26-8-1)77(59-27-9-2-10-28-59,60-29-11-3-12-30-60)64-48-47-55-53-57(46-45-56(55)54-64)65-49-50-73(67-38-20-19-37-66(65)67)70-43-23-42-69-68(70)41-24-44-71(69)74-51-52-76(75-40-22-21-39-72(74)75)78(61-31-13-4-14-32-61,62-33-15-5-16-34-62)63-35-17-6-18-36-63/h1-54H. The highest BCUT2D eigenvalue weighted by Crippen LogP contribution is 2.42. The van der Waals surface area contributed by atoms with Crippen molar-refractivity contribution in [3.05, 3.63) is 328 Å². The second-order valence-corrected chi connectivity index (χ2v) is 28.2. The van der Waals surface area contributed by atoms with Crippen molar-refractivity contribution in [2.24, 2.45) is 0 Å². The second-order valence-electron chi connectivity index (χ2n) is 20.6. The first-order valence-electron chi connectivity index (χ1n) is 27.2. The molecule has 0 saturated carbocycles. The maximum atomic E-state index is 2.47. The summed E-state index contributed by atoms with van der Waals surface area (Å²) in [6.45, 7) is 0. The molecule has 0 unspecified atom stereocenters. The Balaban J connectivity index is 0.882. The summed E-state index contributed by atoms with van der Waals surface area (Å²) in [5.74, 6) is 0. The van der Waals surface area contributed by atoms with Crippen LogP contribution < -0.4 is 41.5 Å². The van der Waals surface area contributed by atoms with Crippen molar-refractivity contribution in [3.63, 3.8) is 0 Å². The molecule has 0 nitrogen and oxygen atoms in total. The molecule has 14 aromatic rings. The van der Waals surface area contributed by atoms with Gasteiger partial charge in [0.25, 0.3) is 0 Å². The maximum Gasteiger partial charge on any atom is 0.180 e. The van der Waals surface area contributed by atoms with Crippen LogP contribution in [-0.2, 0) is 0 Å². The van der Waals surface area contributed by atoms with Crippen LogP contribution in [0.4, 0.5) is 0 Å². The first-order chi connectivity index (χ1) is 38.7. The van der Waals surface area contributed by atoms with Crippen LogP contribution in [0.15, 0.2) is 328 Å². The van der Waals surface area contributed by atoms with Gasteiger partial charge in [0.1, 0.15) is 0 Å². The van der Waals surface area contributed by atoms with E-state index in [1.807, 2.05) is 0 Å². The molecule has 0 aromatic heterocycles. The van der Waals surface area contributed by atoms with Crippen molar-refractivity contribution in [1.29, 1.82) is 0 Å². The summed E-state index contributed by atoms with van der Waals surface area (Å²) in [5.41, 5.74) is 7.39. The summed E-state index contributed by atoms with van der Waals surface area (Å²) in [7, 11) is -5.48. The van der Waals surface area contributed by atoms with Gasteiger partial charge in [-0.05, 0) is 124 Å². The van der Waals surface area contributed by atoms with Crippen LogP contribution >= 0.6 is 0 Å². The molecule has 366 valence electrons. The van der Waals surface area contributed by atoms with E-state index in [2.05, 4.69) is 328 Å². The number of rotatable bonds is 11. The van der Waals surface area contributed by atoms with E-state index in [1.165, 1.54) is 118 Å². The molecular weight excluding hydrogens is 969 g/mol. The molecule has 0 aliphatic rings.